The summed E-state index contributed by atoms with van der Waals surface area (Å²) in [4.78, 5) is 60.8. The number of carbonyl (C=O) groups is 4. The summed E-state index contributed by atoms with van der Waals surface area (Å²) in [5.41, 5.74) is 2.64. The van der Waals surface area contributed by atoms with Crippen LogP contribution in [0.4, 0.5) is 5.69 Å². The summed E-state index contributed by atoms with van der Waals surface area (Å²) in [5, 5.41) is 24.3. The van der Waals surface area contributed by atoms with Gasteiger partial charge >= 0.3 is 5.97 Å². The molecule has 5 aromatic rings. The van der Waals surface area contributed by atoms with Gasteiger partial charge in [-0.25, -0.2) is 14.3 Å². The summed E-state index contributed by atoms with van der Waals surface area (Å²) >= 11 is 0. The van der Waals surface area contributed by atoms with E-state index in [0.29, 0.717) is 48.9 Å². The van der Waals surface area contributed by atoms with Crippen LogP contribution in [0.25, 0.3) is 17.0 Å². The van der Waals surface area contributed by atoms with Crippen LogP contribution in [0.5, 0.6) is 0 Å². The largest absolute Gasteiger partial charge is 0.477 e. The van der Waals surface area contributed by atoms with E-state index in [1.807, 2.05) is 12.1 Å². The molecule has 2 aliphatic rings. The van der Waals surface area contributed by atoms with Crippen LogP contribution in [0.15, 0.2) is 55.2 Å². The molecule has 0 unspecified atom stereocenters. The van der Waals surface area contributed by atoms with Crippen LogP contribution < -0.4 is 5.32 Å². The Morgan fingerprint density at radius 1 is 0.787 bits per heavy atom. The average molecular weight is 640 g/mol. The highest BCUT2D eigenvalue weighted by Gasteiger charge is 2.28. The number of carboxylic acids is 1. The molecule has 16 nitrogen and oxygen atoms in total. The number of aryl methyl sites for hydroxylation is 2. The summed E-state index contributed by atoms with van der Waals surface area (Å²) in [5.74, 6) is -1.38. The van der Waals surface area contributed by atoms with E-state index in [9.17, 15) is 19.2 Å². The monoisotopic (exact) mass is 639 g/mol. The third kappa shape index (κ3) is 6.43. The van der Waals surface area contributed by atoms with E-state index < -0.39 is 11.9 Å². The maximum Gasteiger partial charge on any atom is 0.354 e. The zero-order valence-electron chi connectivity index (χ0n) is 25.9. The maximum absolute atomic E-state index is 13.0. The normalized spacial score (nSPS) is 14.3. The van der Waals surface area contributed by atoms with Gasteiger partial charge in [-0.2, -0.15) is 10.2 Å². The first-order chi connectivity index (χ1) is 22.7. The third-order valence-corrected chi connectivity index (χ3v) is 8.05. The van der Waals surface area contributed by atoms with Gasteiger partial charge in [0, 0.05) is 58.2 Å². The lowest BCUT2D eigenvalue weighted by atomic mass is 10.2. The maximum atomic E-state index is 13.0. The number of hydrogen-bond acceptors (Lipinski definition) is 9. The van der Waals surface area contributed by atoms with Crippen LogP contribution >= 0.6 is 0 Å². The van der Waals surface area contributed by atoms with E-state index in [2.05, 4.69) is 30.6 Å². The second kappa shape index (κ2) is 13.2. The molecule has 242 valence electrons. The molecule has 2 aliphatic heterocycles. The highest BCUT2D eigenvalue weighted by molar-refractivity contribution is 6.11. The Balaban J connectivity index is 0.000000203. The molecule has 0 atom stereocenters. The van der Waals surface area contributed by atoms with Gasteiger partial charge in [-0.05, 0) is 49.9 Å². The lowest BCUT2D eigenvalue weighted by Crippen LogP contribution is -2.30. The van der Waals surface area contributed by atoms with Crippen molar-refractivity contribution >= 4 is 35.0 Å². The number of carbonyl (C=O) groups excluding carboxylic acids is 3. The molecule has 7 rings (SSSR count). The summed E-state index contributed by atoms with van der Waals surface area (Å²) in [7, 11) is 3.17. The van der Waals surface area contributed by atoms with Crippen LogP contribution in [-0.4, -0.2) is 104 Å². The van der Waals surface area contributed by atoms with Crippen molar-refractivity contribution in [2.45, 2.75) is 25.7 Å². The number of hydrogen-bond donors (Lipinski definition) is 2. The molecule has 0 radical (unpaired) electrons. The smallest absolute Gasteiger partial charge is 0.354 e. The first kappa shape index (κ1) is 31.1. The van der Waals surface area contributed by atoms with Gasteiger partial charge in [-0.3, -0.25) is 28.7 Å². The zero-order chi connectivity index (χ0) is 33.1. The molecule has 47 heavy (non-hydrogen) atoms. The summed E-state index contributed by atoms with van der Waals surface area (Å²) < 4.78 is 4.23. The SMILES string of the molecule is Cn1ncc(C(=O)N2CCCC2)c1C(=O)Nc1ccc2nc(-c3cccnc3)nn2c1.Cn1ncc(C(=O)N2CCCC2)c1C(=O)O. The minimum atomic E-state index is -1.12. The second-order valence-electron chi connectivity index (χ2n) is 11.2. The Kier molecular flexibility index (Phi) is 8.73. The lowest BCUT2D eigenvalue weighted by molar-refractivity contribution is 0.0670. The Morgan fingerprint density at radius 3 is 1.96 bits per heavy atom. The molecule has 7 heterocycles. The summed E-state index contributed by atoms with van der Waals surface area (Å²) in [6, 6.07) is 7.21. The molecule has 0 aromatic carbocycles. The number of anilines is 1. The van der Waals surface area contributed by atoms with E-state index in [4.69, 9.17) is 5.11 Å². The number of likely N-dealkylation sites (tertiary alicyclic amines) is 2. The van der Waals surface area contributed by atoms with Gasteiger partial charge < -0.3 is 20.2 Å². The molecule has 16 heteroatoms. The standard InChI is InChI=1S/C21H20N8O2.C10H13N3O3/c1-27-18(16(12-23-27)21(31)28-9-2-3-10-28)20(30)24-15-6-7-17-25-19(26-29(17)13-15)14-5-4-8-22-11-14;1-12-8(10(15)16)7(6-11-12)9(14)13-4-2-3-5-13/h4-8,11-13H,2-3,9-10H2,1H3,(H,24,30);6H,2-5H2,1H3,(H,15,16). The number of carboxylic acid groups (broad SMARTS) is 1. The molecular formula is C31H33N11O5. The molecule has 2 saturated heterocycles. The summed E-state index contributed by atoms with van der Waals surface area (Å²) in [6.07, 6.45) is 11.8. The van der Waals surface area contributed by atoms with Crippen molar-refractivity contribution in [1.82, 2.24) is 48.9 Å². The minimum absolute atomic E-state index is 0.0445. The molecule has 0 spiro atoms. The van der Waals surface area contributed by atoms with E-state index in [0.717, 1.165) is 31.2 Å². The second-order valence-corrected chi connectivity index (χ2v) is 11.2. The highest BCUT2D eigenvalue weighted by Crippen LogP contribution is 2.20. The number of aromatic nitrogens is 8. The fourth-order valence-electron chi connectivity index (χ4n) is 5.66. The molecule has 0 saturated carbocycles. The van der Waals surface area contributed by atoms with Gasteiger partial charge in [-0.15, -0.1) is 5.10 Å². The molecule has 0 aliphatic carbocycles. The lowest BCUT2D eigenvalue weighted by Gasteiger charge is -2.15. The number of pyridine rings is 2. The number of amides is 3. The van der Waals surface area contributed by atoms with Gasteiger partial charge in [-0.1, -0.05) is 0 Å². The van der Waals surface area contributed by atoms with Crippen molar-refractivity contribution in [2.24, 2.45) is 14.1 Å². The van der Waals surface area contributed by atoms with Crippen LogP contribution in [0, 0.1) is 0 Å². The fraction of sp³-hybridized carbons (Fsp3) is 0.323. The van der Waals surface area contributed by atoms with Crippen molar-refractivity contribution in [3.63, 3.8) is 0 Å². The van der Waals surface area contributed by atoms with Gasteiger partial charge in [0.1, 0.15) is 5.69 Å². The van der Waals surface area contributed by atoms with Crippen LogP contribution in [0.1, 0.15) is 67.4 Å². The highest BCUT2D eigenvalue weighted by atomic mass is 16.4. The number of rotatable bonds is 6. The zero-order valence-corrected chi connectivity index (χ0v) is 25.9. The Labute approximate surface area is 268 Å². The van der Waals surface area contributed by atoms with Crippen LogP contribution in [-0.2, 0) is 14.1 Å². The number of fused-ring (bicyclic) bond motifs is 1. The van der Waals surface area contributed by atoms with E-state index >= 15 is 0 Å². The van der Waals surface area contributed by atoms with Gasteiger partial charge in [0.15, 0.2) is 17.2 Å². The van der Waals surface area contributed by atoms with Crippen molar-refractivity contribution in [2.75, 3.05) is 31.5 Å². The van der Waals surface area contributed by atoms with Crippen LogP contribution in [0.2, 0.25) is 0 Å². The third-order valence-electron chi connectivity index (χ3n) is 8.05. The van der Waals surface area contributed by atoms with E-state index in [-0.39, 0.29) is 28.8 Å². The van der Waals surface area contributed by atoms with Crippen molar-refractivity contribution < 1.29 is 24.3 Å². The Bertz CT molecular complexity index is 1950. The topological polar surface area (TPSA) is 186 Å². The predicted molar refractivity (Wildman–Crippen MR) is 168 cm³/mol. The number of nitrogens with zero attached hydrogens (tertiary/aromatic N) is 10. The quantitative estimate of drug-likeness (QED) is 0.279. The summed E-state index contributed by atoms with van der Waals surface area (Å²) in [6.45, 7) is 2.81. The van der Waals surface area contributed by atoms with Crippen molar-refractivity contribution in [3.8, 4) is 11.4 Å². The molecule has 2 fully saturated rings. The Hall–Kier alpha value is -5.93. The minimum Gasteiger partial charge on any atom is -0.477 e. The number of aromatic carboxylic acids is 1. The fourth-order valence-corrected chi connectivity index (χ4v) is 5.66. The van der Waals surface area contributed by atoms with Gasteiger partial charge in [0.05, 0.1) is 35.4 Å². The first-order valence-corrected chi connectivity index (χ1v) is 15.2. The molecule has 2 N–H and O–H groups in total. The van der Waals surface area contributed by atoms with E-state index in [1.54, 1.807) is 52.1 Å². The number of nitrogens with one attached hydrogen (secondary N) is 1. The van der Waals surface area contributed by atoms with E-state index in [1.165, 1.54) is 28.8 Å². The van der Waals surface area contributed by atoms with Crippen molar-refractivity contribution in [1.29, 1.82) is 0 Å². The molecular weight excluding hydrogens is 606 g/mol. The molecule has 3 amide bonds. The Morgan fingerprint density at radius 2 is 1.38 bits per heavy atom. The molecule has 0 bridgehead atoms. The van der Waals surface area contributed by atoms with Crippen molar-refractivity contribution in [3.05, 3.63) is 77.8 Å². The van der Waals surface area contributed by atoms with Gasteiger partial charge in [0.2, 0.25) is 0 Å². The predicted octanol–water partition coefficient (Wildman–Crippen LogP) is 2.37. The molecule has 5 aromatic heterocycles. The van der Waals surface area contributed by atoms with Crippen LogP contribution in [0.3, 0.4) is 0 Å². The average Bonchev–Trinajstić information content (AvgIpc) is 3.91. The first-order valence-electron chi connectivity index (χ1n) is 15.2. The van der Waals surface area contributed by atoms with Gasteiger partial charge in [0.25, 0.3) is 17.7 Å².